The van der Waals surface area contributed by atoms with Crippen LogP contribution in [0.25, 0.3) is 0 Å². The van der Waals surface area contributed by atoms with E-state index in [1.807, 2.05) is 24.3 Å². The van der Waals surface area contributed by atoms with Gasteiger partial charge in [0.15, 0.2) is 0 Å². The summed E-state index contributed by atoms with van der Waals surface area (Å²) in [5, 5.41) is 3.26. The van der Waals surface area contributed by atoms with Gasteiger partial charge in [-0.05, 0) is 19.1 Å². The molecule has 0 radical (unpaired) electrons. The number of anilines is 3. The molecule has 1 aromatic heterocycles. The number of nitrogens with zero attached hydrogens (tertiary/aromatic N) is 3. The highest BCUT2D eigenvalue weighted by Gasteiger charge is 2.31. The highest BCUT2D eigenvalue weighted by atomic mass is 16.5. The van der Waals surface area contributed by atoms with Gasteiger partial charge in [0.2, 0.25) is 5.91 Å². The van der Waals surface area contributed by atoms with Gasteiger partial charge in [-0.25, -0.2) is 9.97 Å². The van der Waals surface area contributed by atoms with Gasteiger partial charge in [0.1, 0.15) is 23.2 Å². The molecule has 2 aromatic rings. The predicted molar refractivity (Wildman–Crippen MR) is 88.6 cm³/mol. The maximum absolute atomic E-state index is 12.3. The molecular formula is C16H19N5O2. The van der Waals surface area contributed by atoms with Crippen LogP contribution < -0.4 is 20.7 Å². The van der Waals surface area contributed by atoms with Crippen LogP contribution in [0.5, 0.6) is 5.75 Å². The number of aromatic nitrogens is 2. The summed E-state index contributed by atoms with van der Waals surface area (Å²) >= 11 is 0. The zero-order valence-corrected chi connectivity index (χ0v) is 13.1. The minimum Gasteiger partial charge on any atom is -0.497 e. The molecule has 0 spiro atoms. The SMILES string of the molecule is COc1cccc(N2C[C@@H](Nc3cc(N)nc(C)n3)CC2=O)c1. The van der Waals surface area contributed by atoms with Crippen LogP contribution in [0.3, 0.4) is 0 Å². The third-order valence-corrected chi connectivity index (χ3v) is 3.70. The summed E-state index contributed by atoms with van der Waals surface area (Å²) in [5.74, 6) is 2.44. The number of carbonyl (C=O) groups is 1. The first kappa shape index (κ1) is 15.1. The number of rotatable bonds is 4. The molecule has 0 bridgehead atoms. The summed E-state index contributed by atoms with van der Waals surface area (Å²) in [6.07, 6.45) is 0.403. The van der Waals surface area contributed by atoms with Crippen molar-refractivity contribution in [3.63, 3.8) is 0 Å². The number of ether oxygens (including phenoxy) is 1. The van der Waals surface area contributed by atoms with E-state index in [-0.39, 0.29) is 11.9 Å². The fraction of sp³-hybridized carbons (Fsp3) is 0.312. The highest BCUT2D eigenvalue weighted by Crippen LogP contribution is 2.26. The zero-order valence-electron chi connectivity index (χ0n) is 13.1. The van der Waals surface area contributed by atoms with Crippen molar-refractivity contribution in [3.8, 4) is 5.75 Å². The molecule has 1 saturated heterocycles. The molecule has 3 rings (SSSR count). The van der Waals surface area contributed by atoms with Crippen LogP contribution in [0.2, 0.25) is 0 Å². The summed E-state index contributed by atoms with van der Waals surface area (Å²) < 4.78 is 5.21. The van der Waals surface area contributed by atoms with Gasteiger partial charge in [0.25, 0.3) is 0 Å². The summed E-state index contributed by atoms with van der Waals surface area (Å²) in [6, 6.07) is 9.12. The summed E-state index contributed by atoms with van der Waals surface area (Å²) in [7, 11) is 1.61. The molecule has 1 aliphatic heterocycles. The number of nitrogen functional groups attached to an aromatic ring is 1. The molecule has 23 heavy (non-hydrogen) atoms. The molecule has 1 fully saturated rings. The Labute approximate surface area is 134 Å². The molecular weight excluding hydrogens is 294 g/mol. The number of nitrogens with one attached hydrogen (secondary N) is 1. The Bertz CT molecular complexity index is 714. The van der Waals surface area contributed by atoms with E-state index in [1.54, 1.807) is 25.0 Å². The Morgan fingerprint density at radius 2 is 2.17 bits per heavy atom. The van der Waals surface area contributed by atoms with Gasteiger partial charge in [-0.15, -0.1) is 0 Å². The van der Waals surface area contributed by atoms with E-state index in [1.165, 1.54) is 0 Å². The van der Waals surface area contributed by atoms with Crippen molar-refractivity contribution in [2.75, 3.05) is 29.6 Å². The normalized spacial score (nSPS) is 17.4. The van der Waals surface area contributed by atoms with E-state index >= 15 is 0 Å². The van der Waals surface area contributed by atoms with Crippen LogP contribution in [0.4, 0.5) is 17.3 Å². The van der Waals surface area contributed by atoms with Crippen molar-refractivity contribution in [2.45, 2.75) is 19.4 Å². The molecule has 0 aliphatic carbocycles. The van der Waals surface area contributed by atoms with E-state index in [9.17, 15) is 4.79 Å². The van der Waals surface area contributed by atoms with Crippen molar-refractivity contribution < 1.29 is 9.53 Å². The molecule has 1 aromatic carbocycles. The predicted octanol–water partition coefficient (Wildman–Crippen LogP) is 1.59. The number of amides is 1. The topological polar surface area (TPSA) is 93.4 Å². The molecule has 1 atom stereocenters. The van der Waals surface area contributed by atoms with Crippen LogP contribution in [0.15, 0.2) is 30.3 Å². The van der Waals surface area contributed by atoms with Crippen molar-refractivity contribution in [1.82, 2.24) is 9.97 Å². The fourth-order valence-electron chi connectivity index (χ4n) is 2.71. The van der Waals surface area contributed by atoms with Crippen LogP contribution in [0, 0.1) is 6.92 Å². The van der Waals surface area contributed by atoms with Gasteiger partial charge >= 0.3 is 0 Å². The summed E-state index contributed by atoms with van der Waals surface area (Å²) in [4.78, 5) is 22.4. The van der Waals surface area contributed by atoms with Gasteiger partial charge in [0, 0.05) is 30.8 Å². The lowest BCUT2D eigenvalue weighted by atomic mass is 10.2. The highest BCUT2D eigenvalue weighted by molar-refractivity contribution is 5.96. The van der Waals surface area contributed by atoms with Crippen LogP contribution >= 0.6 is 0 Å². The number of hydrogen-bond acceptors (Lipinski definition) is 6. The number of benzene rings is 1. The number of carbonyl (C=O) groups excluding carboxylic acids is 1. The van der Waals surface area contributed by atoms with Gasteiger partial charge < -0.3 is 20.7 Å². The van der Waals surface area contributed by atoms with E-state index in [0.717, 1.165) is 11.4 Å². The lowest BCUT2D eigenvalue weighted by Gasteiger charge is -2.18. The molecule has 0 unspecified atom stereocenters. The first-order chi connectivity index (χ1) is 11.0. The lowest BCUT2D eigenvalue weighted by molar-refractivity contribution is -0.117. The van der Waals surface area contributed by atoms with E-state index in [2.05, 4.69) is 15.3 Å². The molecule has 3 N–H and O–H groups in total. The standard InChI is InChI=1S/C16H19N5O2/c1-10-18-14(17)8-15(19-10)20-11-6-16(22)21(9-11)12-4-3-5-13(7-12)23-2/h3-5,7-8,11H,6,9H2,1-2H3,(H3,17,18,19,20)/t11-/m0/s1. The molecule has 7 nitrogen and oxygen atoms in total. The molecule has 1 aliphatic rings. The van der Waals surface area contributed by atoms with E-state index < -0.39 is 0 Å². The molecule has 7 heteroatoms. The van der Waals surface area contributed by atoms with Gasteiger partial charge in [-0.1, -0.05) is 6.07 Å². The maximum atomic E-state index is 12.3. The molecule has 2 heterocycles. The fourth-order valence-corrected chi connectivity index (χ4v) is 2.71. The summed E-state index contributed by atoms with van der Waals surface area (Å²) in [5.41, 5.74) is 6.56. The second-order valence-corrected chi connectivity index (χ2v) is 5.48. The van der Waals surface area contributed by atoms with Crippen molar-refractivity contribution in [1.29, 1.82) is 0 Å². The molecule has 0 saturated carbocycles. The van der Waals surface area contributed by atoms with Crippen LogP contribution in [0.1, 0.15) is 12.2 Å². The minimum absolute atomic E-state index is 0.0256. The second-order valence-electron chi connectivity index (χ2n) is 5.48. The average molecular weight is 313 g/mol. The Balaban J connectivity index is 1.74. The smallest absolute Gasteiger partial charge is 0.229 e. The van der Waals surface area contributed by atoms with Gasteiger partial charge in [-0.3, -0.25) is 4.79 Å². The monoisotopic (exact) mass is 313 g/mol. The number of hydrogen-bond donors (Lipinski definition) is 2. The second kappa shape index (κ2) is 6.12. The lowest BCUT2D eigenvalue weighted by Crippen LogP contribution is -2.28. The first-order valence-corrected chi connectivity index (χ1v) is 7.37. The number of methoxy groups -OCH3 is 1. The largest absolute Gasteiger partial charge is 0.497 e. The zero-order chi connectivity index (χ0) is 16.4. The third-order valence-electron chi connectivity index (χ3n) is 3.70. The van der Waals surface area contributed by atoms with Crippen molar-refractivity contribution in [2.24, 2.45) is 0 Å². The summed E-state index contributed by atoms with van der Waals surface area (Å²) in [6.45, 7) is 2.35. The number of nitrogens with two attached hydrogens (primary N) is 1. The molecule has 1 amide bonds. The van der Waals surface area contributed by atoms with Crippen LogP contribution in [-0.2, 0) is 4.79 Å². The maximum Gasteiger partial charge on any atom is 0.229 e. The minimum atomic E-state index is -0.0256. The number of aryl methyl sites for hydroxylation is 1. The quantitative estimate of drug-likeness (QED) is 0.890. The average Bonchev–Trinajstić information content (AvgIpc) is 2.86. The van der Waals surface area contributed by atoms with Gasteiger partial charge in [0.05, 0.1) is 13.2 Å². The van der Waals surface area contributed by atoms with Gasteiger partial charge in [-0.2, -0.15) is 0 Å². The Kier molecular flexibility index (Phi) is 4.01. The first-order valence-electron chi connectivity index (χ1n) is 7.37. The Hall–Kier alpha value is -2.83. The Morgan fingerprint density at radius 3 is 2.91 bits per heavy atom. The van der Waals surface area contributed by atoms with E-state index in [0.29, 0.717) is 30.4 Å². The third kappa shape index (κ3) is 3.33. The molecule has 120 valence electrons. The van der Waals surface area contributed by atoms with Crippen molar-refractivity contribution in [3.05, 3.63) is 36.2 Å². The Morgan fingerprint density at radius 1 is 1.35 bits per heavy atom. The van der Waals surface area contributed by atoms with E-state index in [4.69, 9.17) is 10.5 Å². The van der Waals surface area contributed by atoms with Crippen LogP contribution in [-0.4, -0.2) is 35.6 Å². The van der Waals surface area contributed by atoms with Crippen molar-refractivity contribution >= 4 is 23.2 Å².